The van der Waals surface area contributed by atoms with Gasteiger partial charge in [0.1, 0.15) is 5.82 Å². The Balaban J connectivity index is 0.00000123. The van der Waals surface area contributed by atoms with Crippen LogP contribution in [0.4, 0.5) is 5.82 Å². The van der Waals surface area contributed by atoms with E-state index in [1.807, 2.05) is 71.1 Å². The Hall–Kier alpha value is -2.23. The van der Waals surface area contributed by atoms with Crippen molar-refractivity contribution >= 4 is 5.82 Å². The van der Waals surface area contributed by atoms with Gasteiger partial charge in [-0.2, -0.15) is 0 Å². The monoisotopic (exact) mass is 332 g/mol. The van der Waals surface area contributed by atoms with Crippen LogP contribution in [0.5, 0.6) is 11.5 Å². The van der Waals surface area contributed by atoms with Crippen molar-refractivity contribution in [3.8, 4) is 11.5 Å². The Morgan fingerprint density at radius 3 is 2.12 bits per heavy atom. The van der Waals surface area contributed by atoms with Crippen molar-refractivity contribution in [2.75, 3.05) is 26.1 Å². The van der Waals surface area contributed by atoms with Gasteiger partial charge in [0.05, 0.1) is 14.2 Å². The van der Waals surface area contributed by atoms with E-state index in [2.05, 4.69) is 10.3 Å². The average Bonchev–Trinajstić information content (AvgIpc) is 2.66. The summed E-state index contributed by atoms with van der Waals surface area (Å²) in [6.45, 7) is 10.9. The largest absolute Gasteiger partial charge is 0.493 e. The number of benzene rings is 1. The molecule has 2 aromatic rings. The second-order valence-electron chi connectivity index (χ2n) is 4.59. The third-order valence-corrected chi connectivity index (χ3v) is 3.08. The molecule has 0 saturated heterocycles. The van der Waals surface area contributed by atoms with Crippen molar-refractivity contribution in [2.45, 2.75) is 41.0 Å². The summed E-state index contributed by atoms with van der Waals surface area (Å²) in [5.41, 5.74) is 2.36. The first-order valence-electron chi connectivity index (χ1n) is 8.60. The number of ether oxygens (including phenoxy) is 2. The van der Waals surface area contributed by atoms with Crippen LogP contribution in [0.2, 0.25) is 0 Å². The normalized spacial score (nSPS) is 8.96. The maximum atomic E-state index is 5.30. The van der Waals surface area contributed by atoms with E-state index in [-0.39, 0.29) is 0 Å². The van der Waals surface area contributed by atoms with Crippen LogP contribution in [0.3, 0.4) is 0 Å². The van der Waals surface area contributed by atoms with E-state index in [9.17, 15) is 0 Å². The van der Waals surface area contributed by atoms with Crippen LogP contribution < -0.4 is 14.8 Å². The van der Waals surface area contributed by atoms with E-state index < -0.39 is 0 Å². The predicted molar refractivity (Wildman–Crippen MR) is 103 cm³/mol. The summed E-state index contributed by atoms with van der Waals surface area (Å²) in [5.74, 6) is 2.42. The molecule has 1 aromatic carbocycles. The molecule has 0 unspecified atom stereocenters. The second-order valence-corrected chi connectivity index (χ2v) is 4.59. The molecule has 134 valence electrons. The number of methoxy groups -OCH3 is 2. The summed E-state index contributed by atoms with van der Waals surface area (Å²) < 4.78 is 10.5. The molecule has 4 heteroatoms. The van der Waals surface area contributed by atoms with Crippen molar-refractivity contribution in [3.05, 3.63) is 47.7 Å². The van der Waals surface area contributed by atoms with Crippen molar-refractivity contribution in [3.63, 3.8) is 0 Å². The molecular formula is C20H32N2O2. The fourth-order valence-corrected chi connectivity index (χ4v) is 1.94. The lowest BCUT2D eigenvalue weighted by molar-refractivity contribution is 0.354. The Labute approximate surface area is 147 Å². The van der Waals surface area contributed by atoms with E-state index >= 15 is 0 Å². The highest BCUT2D eigenvalue weighted by molar-refractivity contribution is 5.43. The summed E-state index contributed by atoms with van der Waals surface area (Å²) >= 11 is 0. The smallest absolute Gasteiger partial charge is 0.160 e. The quantitative estimate of drug-likeness (QED) is 0.798. The molecule has 0 atom stereocenters. The second kappa shape index (κ2) is 13.2. The minimum atomic E-state index is 0.754. The van der Waals surface area contributed by atoms with E-state index in [1.54, 1.807) is 14.2 Å². The molecular weight excluding hydrogens is 300 g/mol. The lowest BCUT2D eigenvalue weighted by Gasteiger charge is -2.10. The van der Waals surface area contributed by atoms with Crippen LogP contribution in [0.1, 0.15) is 38.8 Å². The molecule has 1 N–H and O–H groups in total. The van der Waals surface area contributed by atoms with Crippen LogP contribution in [0.15, 0.2) is 36.5 Å². The Bertz CT molecular complexity index is 554. The lowest BCUT2D eigenvalue weighted by Crippen LogP contribution is -2.06. The molecule has 24 heavy (non-hydrogen) atoms. The highest BCUT2D eigenvalue weighted by Crippen LogP contribution is 2.27. The molecule has 0 aliphatic heterocycles. The Morgan fingerprint density at radius 1 is 0.917 bits per heavy atom. The Morgan fingerprint density at radius 2 is 1.58 bits per heavy atom. The van der Waals surface area contributed by atoms with E-state index in [1.165, 1.54) is 5.56 Å². The SMILES string of the molecule is CC.CC.COc1ccc(CCNc2ccc(C)cn2)cc1OC. The highest BCUT2D eigenvalue weighted by atomic mass is 16.5. The minimum absolute atomic E-state index is 0.754. The zero-order chi connectivity index (χ0) is 18.4. The molecule has 0 amide bonds. The maximum absolute atomic E-state index is 5.30. The molecule has 0 aliphatic carbocycles. The van der Waals surface area contributed by atoms with Crippen LogP contribution in [0, 0.1) is 6.92 Å². The summed E-state index contributed by atoms with van der Waals surface area (Å²) in [4.78, 5) is 4.31. The third-order valence-electron chi connectivity index (χ3n) is 3.08. The Kier molecular flexibility index (Phi) is 12.0. The molecule has 0 aliphatic rings. The topological polar surface area (TPSA) is 43.4 Å². The predicted octanol–water partition coefficient (Wildman–Crippen LogP) is 5.11. The molecule has 0 fully saturated rings. The van der Waals surface area contributed by atoms with Crippen LogP contribution >= 0.6 is 0 Å². The molecule has 0 bridgehead atoms. The number of pyridine rings is 1. The van der Waals surface area contributed by atoms with E-state index in [0.29, 0.717) is 0 Å². The molecule has 1 heterocycles. The molecule has 1 aromatic heterocycles. The van der Waals surface area contributed by atoms with Gasteiger partial charge in [-0.1, -0.05) is 39.8 Å². The van der Waals surface area contributed by atoms with Crippen molar-refractivity contribution in [2.24, 2.45) is 0 Å². The fraction of sp³-hybridized carbons (Fsp3) is 0.450. The molecule has 0 spiro atoms. The van der Waals surface area contributed by atoms with Gasteiger partial charge in [0.25, 0.3) is 0 Å². The first-order valence-corrected chi connectivity index (χ1v) is 8.60. The van der Waals surface area contributed by atoms with Crippen molar-refractivity contribution in [1.82, 2.24) is 4.98 Å². The summed E-state index contributed by atoms with van der Waals surface area (Å²) in [6.07, 6.45) is 2.76. The van der Waals surface area contributed by atoms with Crippen molar-refractivity contribution < 1.29 is 9.47 Å². The number of nitrogens with one attached hydrogen (secondary N) is 1. The van der Waals surface area contributed by atoms with Gasteiger partial charge in [0, 0.05) is 12.7 Å². The molecule has 2 rings (SSSR count). The molecule has 4 nitrogen and oxygen atoms in total. The summed E-state index contributed by atoms with van der Waals surface area (Å²) in [7, 11) is 3.29. The van der Waals surface area contributed by atoms with Gasteiger partial charge in [-0.3, -0.25) is 0 Å². The zero-order valence-corrected chi connectivity index (χ0v) is 16.1. The van der Waals surface area contributed by atoms with Gasteiger partial charge >= 0.3 is 0 Å². The lowest BCUT2D eigenvalue weighted by atomic mass is 10.1. The third kappa shape index (κ3) is 7.36. The number of hydrogen-bond donors (Lipinski definition) is 1. The van der Waals surface area contributed by atoms with Gasteiger partial charge < -0.3 is 14.8 Å². The van der Waals surface area contributed by atoms with Gasteiger partial charge in [0.2, 0.25) is 0 Å². The van der Waals surface area contributed by atoms with Gasteiger partial charge in [0.15, 0.2) is 11.5 Å². The molecule has 0 radical (unpaired) electrons. The minimum Gasteiger partial charge on any atom is -0.493 e. The zero-order valence-electron chi connectivity index (χ0n) is 16.1. The van der Waals surface area contributed by atoms with Gasteiger partial charge in [-0.15, -0.1) is 0 Å². The number of anilines is 1. The molecule has 0 saturated carbocycles. The highest BCUT2D eigenvalue weighted by Gasteiger charge is 2.04. The number of aromatic nitrogens is 1. The average molecular weight is 332 g/mol. The van der Waals surface area contributed by atoms with Gasteiger partial charge in [-0.25, -0.2) is 4.98 Å². The van der Waals surface area contributed by atoms with Crippen LogP contribution in [-0.4, -0.2) is 25.7 Å². The van der Waals surface area contributed by atoms with E-state index in [4.69, 9.17) is 9.47 Å². The first-order chi connectivity index (χ1) is 11.7. The first kappa shape index (κ1) is 21.8. The number of rotatable bonds is 6. The number of hydrogen-bond acceptors (Lipinski definition) is 4. The number of aryl methyl sites for hydroxylation is 1. The standard InChI is InChI=1S/C16H20N2O2.2C2H6/c1-12-4-7-16(18-11-12)17-9-8-13-5-6-14(19-2)15(10-13)20-3;2*1-2/h4-7,10-11H,8-9H2,1-3H3,(H,17,18);2*1-2H3. The maximum Gasteiger partial charge on any atom is 0.160 e. The van der Waals surface area contributed by atoms with Crippen LogP contribution in [0.25, 0.3) is 0 Å². The summed E-state index contributed by atoms with van der Waals surface area (Å²) in [5, 5.41) is 3.30. The summed E-state index contributed by atoms with van der Waals surface area (Å²) in [6, 6.07) is 10.0. The van der Waals surface area contributed by atoms with Crippen molar-refractivity contribution in [1.29, 1.82) is 0 Å². The fourth-order valence-electron chi connectivity index (χ4n) is 1.94. The van der Waals surface area contributed by atoms with Crippen LogP contribution in [-0.2, 0) is 6.42 Å². The van der Waals surface area contributed by atoms with E-state index in [0.717, 1.165) is 35.8 Å². The number of nitrogens with zero attached hydrogens (tertiary/aromatic N) is 1. The van der Waals surface area contributed by atoms with Gasteiger partial charge in [-0.05, 0) is 42.7 Å².